The zero-order valence-electron chi connectivity index (χ0n) is 10.8. The fourth-order valence-electron chi connectivity index (χ4n) is 2.14. The van der Waals surface area contributed by atoms with E-state index in [1.165, 1.54) is 33.0 Å². The van der Waals surface area contributed by atoms with Gasteiger partial charge in [0, 0.05) is 13.1 Å². The quantitative estimate of drug-likeness (QED) is 0.610. The van der Waals surface area contributed by atoms with Gasteiger partial charge in [0.1, 0.15) is 5.76 Å². The van der Waals surface area contributed by atoms with E-state index in [9.17, 15) is 4.79 Å². The predicted octanol–water partition coefficient (Wildman–Crippen LogP) is 1.25. The van der Waals surface area contributed by atoms with Gasteiger partial charge in [-0.25, -0.2) is 4.79 Å². The molecule has 2 heterocycles. The van der Waals surface area contributed by atoms with Crippen molar-refractivity contribution in [2.75, 3.05) is 33.3 Å². The molecule has 1 aromatic rings. The lowest BCUT2D eigenvalue weighted by Crippen LogP contribution is -2.29. The number of hydrogen-bond donors (Lipinski definition) is 1. The molecule has 1 aliphatic heterocycles. The molecule has 0 spiro atoms. The van der Waals surface area contributed by atoms with Gasteiger partial charge in [-0.3, -0.25) is 0 Å². The fourth-order valence-corrected chi connectivity index (χ4v) is 2.14. The Morgan fingerprint density at radius 3 is 2.94 bits per heavy atom. The van der Waals surface area contributed by atoms with E-state index in [1.807, 2.05) is 0 Å². The zero-order valence-corrected chi connectivity index (χ0v) is 10.8. The molecule has 0 aromatic carbocycles. The minimum atomic E-state index is -0.432. The number of furan rings is 1. The number of carbonyl (C=O) groups is 1. The average Bonchev–Trinajstić information content (AvgIpc) is 3.05. The van der Waals surface area contributed by atoms with Crippen LogP contribution in [0.15, 0.2) is 16.5 Å². The third kappa shape index (κ3) is 3.58. The lowest BCUT2D eigenvalue weighted by molar-refractivity contribution is 0.0563. The van der Waals surface area contributed by atoms with E-state index in [0.717, 1.165) is 18.8 Å². The van der Waals surface area contributed by atoms with E-state index in [1.54, 1.807) is 12.1 Å². The molecule has 0 radical (unpaired) electrons. The van der Waals surface area contributed by atoms with Crippen molar-refractivity contribution >= 4 is 5.97 Å². The summed E-state index contributed by atoms with van der Waals surface area (Å²) >= 11 is 0. The van der Waals surface area contributed by atoms with E-state index in [2.05, 4.69) is 15.0 Å². The Kier molecular flexibility index (Phi) is 4.78. The molecule has 1 saturated heterocycles. The topological polar surface area (TPSA) is 54.7 Å². The highest BCUT2D eigenvalue weighted by Gasteiger charge is 2.12. The van der Waals surface area contributed by atoms with Gasteiger partial charge in [-0.2, -0.15) is 0 Å². The summed E-state index contributed by atoms with van der Waals surface area (Å²) in [5.74, 6) is 0.587. The Hall–Kier alpha value is -1.33. The fraction of sp³-hybridized carbons (Fsp3) is 0.615. The Balaban J connectivity index is 1.66. The molecule has 18 heavy (non-hydrogen) atoms. The van der Waals surface area contributed by atoms with Gasteiger partial charge in [0.25, 0.3) is 0 Å². The molecule has 0 atom stereocenters. The number of carbonyl (C=O) groups excluding carboxylic acids is 1. The van der Waals surface area contributed by atoms with Gasteiger partial charge in [-0.15, -0.1) is 0 Å². The number of nitrogens with one attached hydrogen (secondary N) is 1. The summed E-state index contributed by atoms with van der Waals surface area (Å²) in [4.78, 5) is 13.6. The molecule has 0 saturated carbocycles. The van der Waals surface area contributed by atoms with Crippen molar-refractivity contribution in [1.82, 2.24) is 10.2 Å². The van der Waals surface area contributed by atoms with Gasteiger partial charge < -0.3 is 19.4 Å². The lowest BCUT2D eigenvalue weighted by atomic mass is 10.4. The van der Waals surface area contributed by atoms with Crippen LogP contribution in [0.1, 0.15) is 29.2 Å². The number of methoxy groups -OCH3 is 1. The van der Waals surface area contributed by atoms with Crippen molar-refractivity contribution in [1.29, 1.82) is 0 Å². The van der Waals surface area contributed by atoms with Gasteiger partial charge in [0.15, 0.2) is 0 Å². The highest BCUT2D eigenvalue weighted by molar-refractivity contribution is 5.86. The van der Waals surface area contributed by atoms with Gasteiger partial charge in [-0.05, 0) is 38.1 Å². The molecule has 0 bridgehead atoms. The first-order chi connectivity index (χ1) is 8.79. The van der Waals surface area contributed by atoms with Gasteiger partial charge in [0.2, 0.25) is 5.76 Å². The molecule has 1 aromatic heterocycles. The van der Waals surface area contributed by atoms with Crippen molar-refractivity contribution in [2.45, 2.75) is 19.4 Å². The predicted molar refractivity (Wildman–Crippen MR) is 67.4 cm³/mol. The second-order valence-corrected chi connectivity index (χ2v) is 4.48. The molecule has 5 nitrogen and oxygen atoms in total. The third-order valence-electron chi connectivity index (χ3n) is 3.15. The molecule has 0 aliphatic carbocycles. The third-order valence-corrected chi connectivity index (χ3v) is 3.15. The monoisotopic (exact) mass is 252 g/mol. The average molecular weight is 252 g/mol. The van der Waals surface area contributed by atoms with Crippen LogP contribution in [0.25, 0.3) is 0 Å². The van der Waals surface area contributed by atoms with Crippen molar-refractivity contribution < 1.29 is 13.9 Å². The van der Waals surface area contributed by atoms with E-state index in [-0.39, 0.29) is 5.76 Å². The summed E-state index contributed by atoms with van der Waals surface area (Å²) in [5.41, 5.74) is 0. The zero-order chi connectivity index (χ0) is 12.8. The Morgan fingerprint density at radius 1 is 1.44 bits per heavy atom. The van der Waals surface area contributed by atoms with Crippen LogP contribution >= 0.6 is 0 Å². The van der Waals surface area contributed by atoms with Gasteiger partial charge in [-0.1, -0.05) is 0 Å². The molecule has 1 N–H and O–H groups in total. The van der Waals surface area contributed by atoms with Crippen molar-refractivity contribution in [3.05, 3.63) is 23.7 Å². The highest BCUT2D eigenvalue weighted by Crippen LogP contribution is 2.09. The second kappa shape index (κ2) is 6.56. The molecule has 0 unspecified atom stereocenters. The maximum Gasteiger partial charge on any atom is 0.373 e. The summed E-state index contributed by atoms with van der Waals surface area (Å²) in [6, 6.07) is 3.44. The highest BCUT2D eigenvalue weighted by atomic mass is 16.5. The van der Waals surface area contributed by atoms with Gasteiger partial charge >= 0.3 is 5.97 Å². The van der Waals surface area contributed by atoms with Gasteiger partial charge in [0.05, 0.1) is 13.7 Å². The SMILES string of the molecule is COC(=O)c1ccc(CNCCN2CCCC2)o1. The summed E-state index contributed by atoms with van der Waals surface area (Å²) in [7, 11) is 1.35. The molecule has 0 amide bonds. The van der Waals surface area contributed by atoms with Crippen molar-refractivity contribution in [3.8, 4) is 0 Å². The van der Waals surface area contributed by atoms with Crippen LogP contribution in [0.2, 0.25) is 0 Å². The van der Waals surface area contributed by atoms with Crippen LogP contribution in [-0.4, -0.2) is 44.2 Å². The maximum atomic E-state index is 11.2. The first-order valence-electron chi connectivity index (χ1n) is 6.39. The maximum absolute atomic E-state index is 11.2. The van der Waals surface area contributed by atoms with Crippen LogP contribution in [0.4, 0.5) is 0 Å². The number of hydrogen-bond acceptors (Lipinski definition) is 5. The number of likely N-dealkylation sites (tertiary alicyclic amines) is 1. The van der Waals surface area contributed by atoms with Crippen LogP contribution in [0.3, 0.4) is 0 Å². The Bertz CT molecular complexity index is 383. The largest absolute Gasteiger partial charge is 0.463 e. The Morgan fingerprint density at radius 2 is 2.22 bits per heavy atom. The van der Waals surface area contributed by atoms with Crippen LogP contribution < -0.4 is 5.32 Å². The summed E-state index contributed by atoms with van der Waals surface area (Å²) in [6.07, 6.45) is 2.64. The number of rotatable bonds is 6. The molecule has 1 aliphatic rings. The lowest BCUT2D eigenvalue weighted by Gasteiger charge is -2.14. The number of ether oxygens (including phenoxy) is 1. The second-order valence-electron chi connectivity index (χ2n) is 4.48. The standard InChI is InChI=1S/C13H20N2O3/c1-17-13(16)12-5-4-11(18-12)10-14-6-9-15-7-2-3-8-15/h4-5,14H,2-3,6-10H2,1H3. The normalized spacial score (nSPS) is 16.1. The number of esters is 1. The minimum Gasteiger partial charge on any atom is -0.463 e. The molecular formula is C13H20N2O3. The summed E-state index contributed by atoms with van der Waals surface area (Å²) in [5, 5.41) is 3.31. The van der Waals surface area contributed by atoms with E-state index >= 15 is 0 Å². The van der Waals surface area contributed by atoms with E-state index in [4.69, 9.17) is 4.42 Å². The molecule has 100 valence electrons. The first-order valence-corrected chi connectivity index (χ1v) is 6.39. The Labute approximate surface area is 107 Å². The minimum absolute atomic E-state index is 0.258. The molecule has 5 heteroatoms. The van der Waals surface area contributed by atoms with Crippen molar-refractivity contribution in [2.24, 2.45) is 0 Å². The summed E-state index contributed by atoms with van der Waals surface area (Å²) < 4.78 is 9.94. The molecule has 2 rings (SSSR count). The number of nitrogens with zero attached hydrogens (tertiary/aromatic N) is 1. The smallest absolute Gasteiger partial charge is 0.373 e. The van der Waals surface area contributed by atoms with E-state index < -0.39 is 5.97 Å². The van der Waals surface area contributed by atoms with Crippen LogP contribution in [0, 0.1) is 0 Å². The molecular weight excluding hydrogens is 232 g/mol. The summed E-state index contributed by atoms with van der Waals surface area (Å²) in [6.45, 7) is 5.09. The first kappa shape index (κ1) is 13.1. The van der Waals surface area contributed by atoms with Crippen molar-refractivity contribution in [3.63, 3.8) is 0 Å². The van der Waals surface area contributed by atoms with Crippen LogP contribution in [0.5, 0.6) is 0 Å². The van der Waals surface area contributed by atoms with Crippen LogP contribution in [-0.2, 0) is 11.3 Å². The van der Waals surface area contributed by atoms with E-state index in [0.29, 0.717) is 6.54 Å². The molecule has 1 fully saturated rings.